The van der Waals surface area contributed by atoms with Crippen LogP contribution in [-0.2, 0) is 19.2 Å². The lowest BCUT2D eigenvalue weighted by Gasteiger charge is -2.58. The summed E-state index contributed by atoms with van der Waals surface area (Å²) in [7, 11) is -4.98. The fourth-order valence-corrected chi connectivity index (χ4v) is 23.8. The Balaban J connectivity index is 1.53. The summed E-state index contributed by atoms with van der Waals surface area (Å²) < 4.78 is 0. The van der Waals surface area contributed by atoms with Gasteiger partial charge in [0.2, 0.25) is 0 Å². The SMILES string of the molecule is CC(C)[Si](C#Cc1c2c(c(C#C[Si](C(C)C)(C(C)C)C(C)C)c3cc4ccccc4cc13)N1C(=O)C(=O)N3c4cc5ccccc5cc4N4C(=O)C(=O)N2C4(Cl)C31Cl)(C(C)C)C(C)C. The number of hydrogen-bond donors (Lipinski definition) is 0. The second-order valence-electron chi connectivity index (χ2n) is 19.9. The number of carbonyl (C=O) groups is 4. The summed E-state index contributed by atoms with van der Waals surface area (Å²) in [5.41, 5.74) is 10.8. The van der Waals surface area contributed by atoms with Gasteiger partial charge in [0.05, 0.1) is 33.9 Å². The molecule has 8 nitrogen and oxygen atoms in total. The van der Waals surface area contributed by atoms with Gasteiger partial charge in [-0.3, -0.25) is 38.8 Å². The van der Waals surface area contributed by atoms with Gasteiger partial charge in [-0.15, -0.1) is 11.1 Å². The van der Waals surface area contributed by atoms with Crippen LogP contribution < -0.4 is 19.6 Å². The highest BCUT2D eigenvalue weighted by molar-refractivity contribution is 6.91. The number of halogens is 2. The summed E-state index contributed by atoms with van der Waals surface area (Å²) in [5, 5.41) is 0.00779. The molecule has 2 saturated heterocycles. The number of nitrogens with zero attached hydrogens (tertiary/aromatic N) is 4. The molecule has 328 valence electrons. The van der Waals surface area contributed by atoms with Crippen molar-refractivity contribution < 1.29 is 19.2 Å². The molecule has 0 aromatic heterocycles. The predicted molar refractivity (Wildman–Crippen MR) is 268 cm³/mol. The molecule has 5 aromatic carbocycles. The molecule has 64 heavy (non-hydrogen) atoms. The zero-order valence-electron chi connectivity index (χ0n) is 38.6. The van der Waals surface area contributed by atoms with Gasteiger partial charge in [-0.05, 0) is 79.1 Å². The maximum Gasteiger partial charge on any atom is 0.320 e. The first-order valence-electron chi connectivity index (χ1n) is 22.5. The third-order valence-electron chi connectivity index (χ3n) is 15.2. The van der Waals surface area contributed by atoms with Gasteiger partial charge < -0.3 is 0 Å². The van der Waals surface area contributed by atoms with Crippen LogP contribution in [0.2, 0.25) is 33.2 Å². The normalized spacial score (nSPS) is 20.4. The van der Waals surface area contributed by atoms with E-state index in [-0.39, 0.29) is 56.0 Å². The molecule has 4 amide bonds. The van der Waals surface area contributed by atoms with Crippen molar-refractivity contribution in [1.29, 1.82) is 0 Å². The Morgan fingerprint density at radius 3 is 0.984 bits per heavy atom. The molecule has 2 atom stereocenters. The first kappa shape index (κ1) is 44.1. The van der Waals surface area contributed by atoms with Crippen LogP contribution in [0.15, 0.2) is 72.8 Å². The summed E-state index contributed by atoms with van der Waals surface area (Å²) in [6, 6.07) is 23.1. The molecule has 4 heterocycles. The second kappa shape index (κ2) is 14.7. The maximum atomic E-state index is 15.3. The summed E-state index contributed by atoms with van der Waals surface area (Å²) in [6.45, 7) is 26.8. The van der Waals surface area contributed by atoms with Crippen molar-refractivity contribution in [3.63, 3.8) is 0 Å². The standard InChI is InChI=1S/C52H54Cl2N4O4Si2/c1-29(2)63(30(3)4,31(5)6)23-21-39-41-25-35-17-13-14-18-36(35)26-42(41)40(22-24-64(32(7)8,33(9)10)34(11)12)46-45(39)57-49(61)47(59)55-43-27-37-19-15-16-20-38(37)28-44(43)56-48(60)50(62)58(46)52(56,54)51(55,57)53/h13-20,25-34H,1-12H3. The van der Waals surface area contributed by atoms with Crippen LogP contribution in [0.3, 0.4) is 0 Å². The van der Waals surface area contributed by atoms with E-state index in [1.807, 2.05) is 48.5 Å². The lowest BCUT2D eigenvalue weighted by atomic mass is 9.90. The Morgan fingerprint density at radius 1 is 0.438 bits per heavy atom. The molecule has 12 heteroatoms. The van der Waals surface area contributed by atoms with Gasteiger partial charge in [-0.25, -0.2) is 0 Å². The number of rotatable bonds is 6. The highest BCUT2D eigenvalue weighted by Crippen LogP contribution is 2.67. The van der Waals surface area contributed by atoms with E-state index in [0.717, 1.165) is 21.5 Å². The highest BCUT2D eigenvalue weighted by Gasteiger charge is 2.82. The molecule has 4 aliphatic rings. The first-order valence-corrected chi connectivity index (χ1v) is 27.7. The summed E-state index contributed by atoms with van der Waals surface area (Å²) in [5.74, 6) is 3.59. The van der Waals surface area contributed by atoms with Crippen molar-refractivity contribution in [2.45, 2.75) is 127 Å². The Labute approximate surface area is 388 Å². The average Bonchev–Trinajstić information content (AvgIpc) is 3.57. The molecule has 2 fully saturated rings. The number of fused-ring (bicyclic) bond motifs is 9. The topological polar surface area (TPSA) is 81.2 Å². The monoisotopic (exact) mass is 924 g/mol. The van der Waals surface area contributed by atoms with Gasteiger partial charge in [-0.1, -0.05) is 167 Å². The molecular weight excluding hydrogens is 872 g/mol. The molecule has 0 N–H and O–H groups in total. The van der Waals surface area contributed by atoms with E-state index in [1.165, 1.54) is 19.6 Å². The summed E-state index contributed by atoms with van der Waals surface area (Å²) in [6.07, 6.45) is 0. The van der Waals surface area contributed by atoms with Crippen LogP contribution in [0.5, 0.6) is 0 Å². The van der Waals surface area contributed by atoms with Crippen molar-refractivity contribution in [3.8, 4) is 22.9 Å². The van der Waals surface area contributed by atoms with Gasteiger partial charge in [0.25, 0.3) is 10.2 Å². The number of carbonyl (C=O) groups excluding carboxylic acids is 4. The minimum Gasteiger partial charge on any atom is -0.263 e. The lowest BCUT2D eigenvalue weighted by Crippen LogP contribution is -2.77. The molecule has 0 saturated carbocycles. The molecule has 4 aliphatic heterocycles. The summed E-state index contributed by atoms with van der Waals surface area (Å²) in [4.78, 5) is 65.4. The van der Waals surface area contributed by atoms with Crippen LogP contribution in [0.25, 0.3) is 32.3 Å². The smallest absolute Gasteiger partial charge is 0.263 e. The zero-order chi connectivity index (χ0) is 46.3. The second-order valence-corrected chi connectivity index (χ2v) is 32.1. The highest BCUT2D eigenvalue weighted by atomic mass is 35.5. The van der Waals surface area contributed by atoms with Gasteiger partial charge in [-0.2, -0.15) is 0 Å². The van der Waals surface area contributed by atoms with Crippen LogP contribution in [0.1, 0.15) is 94.2 Å². The molecule has 9 rings (SSSR count). The van der Waals surface area contributed by atoms with E-state index in [1.54, 1.807) is 12.1 Å². The third kappa shape index (κ3) is 5.37. The lowest BCUT2D eigenvalue weighted by molar-refractivity contribution is -0.134. The van der Waals surface area contributed by atoms with Gasteiger partial charge in [0.15, 0.2) is 0 Å². The number of anilines is 4. The number of alkyl halides is 2. The van der Waals surface area contributed by atoms with Crippen LogP contribution >= 0.6 is 23.2 Å². The Bertz CT molecular complexity index is 2820. The molecule has 0 aliphatic carbocycles. The van der Waals surface area contributed by atoms with Gasteiger partial charge >= 0.3 is 23.6 Å². The molecule has 0 bridgehead atoms. The van der Waals surface area contributed by atoms with Crippen molar-refractivity contribution in [1.82, 2.24) is 0 Å². The van der Waals surface area contributed by atoms with E-state index in [2.05, 4.69) is 118 Å². The molecule has 2 unspecified atom stereocenters. The van der Waals surface area contributed by atoms with E-state index in [4.69, 9.17) is 23.2 Å². The van der Waals surface area contributed by atoms with Crippen LogP contribution in [0.4, 0.5) is 22.7 Å². The number of benzene rings is 5. The maximum absolute atomic E-state index is 15.3. The van der Waals surface area contributed by atoms with Crippen LogP contribution in [0, 0.1) is 22.9 Å². The minimum absolute atomic E-state index is 0.143. The van der Waals surface area contributed by atoms with E-state index in [0.29, 0.717) is 21.9 Å². The number of hydrogen-bond acceptors (Lipinski definition) is 4. The molecule has 5 aromatic rings. The van der Waals surface area contributed by atoms with E-state index in [9.17, 15) is 9.59 Å². The largest absolute Gasteiger partial charge is 0.320 e. The van der Waals surface area contributed by atoms with Crippen molar-refractivity contribution >= 4 is 118 Å². The fourth-order valence-electron chi connectivity index (χ4n) is 12.3. The molecule has 0 spiro atoms. The van der Waals surface area contributed by atoms with Gasteiger partial charge in [0.1, 0.15) is 16.1 Å². The zero-order valence-corrected chi connectivity index (χ0v) is 42.1. The predicted octanol–water partition coefficient (Wildman–Crippen LogP) is 12.2. The Morgan fingerprint density at radius 2 is 0.703 bits per heavy atom. The van der Waals surface area contributed by atoms with Crippen molar-refractivity contribution in [3.05, 3.63) is 83.9 Å². The average molecular weight is 926 g/mol. The quantitative estimate of drug-likeness (QED) is 0.0424. The molecule has 0 radical (unpaired) electrons. The molecular formula is C52H54Cl2N4O4Si2. The van der Waals surface area contributed by atoms with Crippen LogP contribution in [-0.4, -0.2) is 50.0 Å². The fraction of sp³-hybridized carbons (Fsp3) is 0.385. The van der Waals surface area contributed by atoms with Crippen molar-refractivity contribution in [2.24, 2.45) is 0 Å². The summed E-state index contributed by atoms with van der Waals surface area (Å²) >= 11 is 16.1. The third-order valence-corrected chi connectivity index (χ3v) is 29.1. The van der Waals surface area contributed by atoms with Gasteiger partial charge in [0, 0.05) is 10.8 Å². The van der Waals surface area contributed by atoms with E-state index < -0.39 is 50.0 Å². The minimum atomic E-state index is -2.49. The Kier molecular flexibility index (Phi) is 10.1. The number of amides is 4. The van der Waals surface area contributed by atoms with E-state index >= 15 is 9.59 Å². The first-order chi connectivity index (χ1) is 30.1. The van der Waals surface area contributed by atoms with Crippen molar-refractivity contribution in [2.75, 3.05) is 19.6 Å². The Hall–Kier alpha value is -5.11.